The third-order valence-corrected chi connectivity index (χ3v) is 4.28. The highest BCUT2D eigenvalue weighted by molar-refractivity contribution is 5.99. The van der Waals surface area contributed by atoms with Crippen LogP contribution in [0.2, 0.25) is 0 Å². The average molecular weight is 287 g/mol. The number of benzene rings is 1. The highest BCUT2D eigenvalue weighted by atomic mass is 16.5. The maximum atomic E-state index is 12.7. The maximum Gasteiger partial charge on any atom is 0.289 e. The molecule has 112 valence electrons. The normalized spacial score (nSPS) is 19.0. The summed E-state index contributed by atoms with van der Waals surface area (Å²) in [6.45, 7) is 5.77. The summed E-state index contributed by atoms with van der Waals surface area (Å²) in [5.41, 5.74) is 1.63. The fourth-order valence-corrected chi connectivity index (χ4v) is 3.05. The van der Waals surface area contributed by atoms with E-state index in [1.165, 1.54) is 6.42 Å². The van der Waals surface area contributed by atoms with E-state index in [4.69, 9.17) is 9.15 Å². The van der Waals surface area contributed by atoms with Gasteiger partial charge in [0, 0.05) is 24.0 Å². The molecular weight excluding hydrogens is 266 g/mol. The lowest BCUT2D eigenvalue weighted by Crippen LogP contribution is -2.39. The molecule has 0 spiro atoms. The number of nitrogens with zero attached hydrogens (tertiary/aromatic N) is 1. The first-order valence-corrected chi connectivity index (χ1v) is 7.46. The second kappa shape index (κ2) is 5.43. The summed E-state index contributed by atoms with van der Waals surface area (Å²) < 4.78 is 11.0. The second-order valence-electron chi connectivity index (χ2n) is 5.92. The number of furan rings is 1. The van der Waals surface area contributed by atoms with Crippen LogP contribution in [-0.2, 0) is 0 Å². The molecule has 4 heteroatoms. The van der Waals surface area contributed by atoms with Crippen molar-refractivity contribution in [2.75, 3.05) is 20.2 Å². The van der Waals surface area contributed by atoms with Crippen molar-refractivity contribution in [2.24, 2.45) is 5.92 Å². The van der Waals surface area contributed by atoms with E-state index in [0.717, 1.165) is 41.8 Å². The lowest BCUT2D eigenvalue weighted by Gasteiger charge is -2.30. The number of hydrogen-bond acceptors (Lipinski definition) is 3. The molecule has 1 aromatic heterocycles. The number of hydrogen-bond donors (Lipinski definition) is 0. The predicted octanol–water partition coefficient (Wildman–Crippen LogP) is 3.62. The molecule has 4 nitrogen and oxygen atoms in total. The van der Waals surface area contributed by atoms with Crippen LogP contribution in [0.1, 0.15) is 35.9 Å². The van der Waals surface area contributed by atoms with E-state index >= 15 is 0 Å². The summed E-state index contributed by atoms with van der Waals surface area (Å²) >= 11 is 0. The number of amides is 1. The van der Waals surface area contributed by atoms with Crippen LogP contribution in [0, 0.1) is 12.8 Å². The van der Waals surface area contributed by atoms with Gasteiger partial charge in [0.05, 0.1) is 7.11 Å². The minimum absolute atomic E-state index is 0.00853. The molecule has 3 rings (SSSR count). The predicted molar refractivity (Wildman–Crippen MR) is 81.8 cm³/mol. The molecule has 21 heavy (non-hydrogen) atoms. The van der Waals surface area contributed by atoms with Crippen molar-refractivity contribution < 1.29 is 13.9 Å². The zero-order valence-electron chi connectivity index (χ0n) is 12.8. The van der Waals surface area contributed by atoms with Crippen LogP contribution in [0.5, 0.6) is 5.75 Å². The van der Waals surface area contributed by atoms with Gasteiger partial charge in [0.1, 0.15) is 11.3 Å². The summed E-state index contributed by atoms with van der Waals surface area (Å²) in [5, 5.41) is 0.947. The molecule has 0 saturated carbocycles. The number of rotatable bonds is 2. The van der Waals surface area contributed by atoms with Gasteiger partial charge >= 0.3 is 0 Å². The molecule has 1 aliphatic heterocycles. The SMILES string of the molecule is COc1ccc2oc(C(=O)N3CCCC(C)C3)c(C)c2c1. The molecule has 0 N–H and O–H groups in total. The smallest absolute Gasteiger partial charge is 0.289 e. The molecule has 1 fully saturated rings. The Labute approximate surface area is 124 Å². The monoisotopic (exact) mass is 287 g/mol. The van der Waals surface area contributed by atoms with Gasteiger partial charge in [-0.3, -0.25) is 4.79 Å². The van der Waals surface area contributed by atoms with E-state index in [1.54, 1.807) is 7.11 Å². The average Bonchev–Trinajstić information content (AvgIpc) is 2.83. The molecule has 1 saturated heterocycles. The Morgan fingerprint density at radius 3 is 2.95 bits per heavy atom. The molecule has 2 aromatic rings. The zero-order valence-corrected chi connectivity index (χ0v) is 12.8. The number of carbonyl (C=O) groups is 1. The van der Waals surface area contributed by atoms with Crippen LogP contribution < -0.4 is 4.74 Å². The molecule has 1 amide bonds. The first-order chi connectivity index (χ1) is 10.1. The second-order valence-corrected chi connectivity index (χ2v) is 5.92. The van der Waals surface area contributed by atoms with Gasteiger partial charge in [-0.25, -0.2) is 0 Å². The van der Waals surface area contributed by atoms with E-state index < -0.39 is 0 Å². The zero-order chi connectivity index (χ0) is 15.0. The quantitative estimate of drug-likeness (QED) is 0.847. The van der Waals surface area contributed by atoms with Gasteiger partial charge in [-0.15, -0.1) is 0 Å². The number of piperidine rings is 1. The molecular formula is C17H21NO3. The van der Waals surface area contributed by atoms with Gasteiger partial charge in [0.2, 0.25) is 0 Å². The van der Waals surface area contributed by atoms with Gasteiger partial charge in [-0.05, 0) is 43.9 Å². The van der Waals surface area contributed by atoms with Crippen LogP contribution in [0.15, 0.2) is 22.6 Å². The van der Waals surface area contributed by atoms with E-state index in [2.05, 4.69) is 6.92 Å². The van der Waals surface area contributed by atoms with Gasteiger partial charge < -0.3 is 14.1 Å². The Morgan fingerprint density at radius 2 is 2.24 bits per heavy atom. The Bertz CT molecular complexity index is 674. The standard InChI is InChI=1S/C17H21NO3/c1-11-5-4-8-18(10-11)17(19)16-12(2)14-9-13(20-3)6-7-15(14)21-16/h6-7,9,11H,4-5,8,10H2,1-3H3. The maximum absolute atomic E-state index is 12.7. The molecule has 1 unspecified atom stereocenters. The summed E-state index contributed by atoms with van der Waals surface area (Å²) in [6, 6.07) is 5.63. The van der Waals surface area contributed by atoms with Crippen molar-refractivity contribution in [3.8, 4) is 5.75 Å². The Kier molecular flexibility index (Phi) is 3.62. The van der Waals surface area contributed by atoms with Crippen LogP contribution in [0.25, 0.3) is 11.0 Å². The van der Waals surface area contributed by atoms with Crippen LogP contribution in [0.3, 0.4) is 0 Å². The summed E-state index contributed by atoms with van der Waals surface area (Å²) in [6.07, 6.45) is 2.26. The van der Waals surface area contributed by atoms with Crippen molar-refractivity contribution in [3.05, 3.63) is 29.5 Å². The van der Waals surface area contributed by atoms with E-state index in [1.807, 2.05) is 30.0 Å². The molecule has 1 atom stereocenters. The number of aryl methyl sites for hydroxylation is 1. The summed E-state index contributed by atoms with van der Waals surface area (Å²) in [7, 11) is 1.64. The third kappa shape index (κ3) is 2.50. The number of ether oxygens (including phenoxy) is 1. The van der Waals surface area contributed by atoms with Crippen molar-refractivity contribution >= 4 is 16.9 Å². The topological polar surface area (TPSA) is 42.7 Å². The highest BCUT2D eigenvalue weighted by Crippen LogP contribution is 2.30. The fraction of sp³-hybridized carbons (Fsp3) is 0.471. The first kappa shape index (κ1) is 14.0. The lowest BCUT2D eigenvalue weighted by molar-refractivity contribution is 0.0652. The minimum atomic E-state index is 0.00853. The van der Waals surface area contributed by atoms with Gasteiger partial charge in [0.15, 0.2) is 5.76 Å². The summed E-state index contributed by atoms with van der Waals surface area (Å²) in [4.78, 5) is 14.6. The van der Waals surface area contributed by atoms with Crippen molar-refractivity contribution in [3.63, 3.8) is 0 Å². The van der Waals surface area contributed by atoms with E-state index in [9.17, 15) is 4.79 Å². The van der Waals surface area contributed by atoms with E-state index in [0.29, 0.717) is 11.7 Å². The third-order valence-electron chi connectivity index (χ3n) is 4.28. The first-order valence-electron chi connectivity index (χ1n) is 7.46. The number of fused-ring (bicyclic) bond motifs is 1. The highest BCUT2D eigenvalue weighted by Gasteiger charge is 2.26. The van der Waals surface area contributed by atoms with E-state index in [-0.39, 0.29) is 5.91 Å². The Morgan fingerprint density at radius 1 is 1.43 bits per heavy atom. The molecule has 0 radical (unpaired) electrons. The van der Waals surface area contributed by atoms with Gasteiger partial charge in [-0.1, -0.05) is 6.92 Å². The molecule has 1 aliphatic rings. The van der Waals surface area contributed by atoms with Crippen molar-refractivity contribution in [1.29, 1.82) is 0 Å². The molecule has 0 bridgehead atoms. The lowest BCUT2D eigenvalue weighted by atomic mass is 10.00. The van der Waals surface area contributed by atoms with Gasteiger partial charge in [0.25, 0.3) is 5.91 Å². The Balaban J connectivity index is 1.96. The fourth-order valence-electron chi connectivity index (χ4n) is 3.05. The van der Waals surface area contributed by atoms with Crippen LogP contribution in [0.4, 0.5) is 0 Å². The minimum Gasteiger partial charge on any atom is -0.497 e. The number of carbonyl (C=O) groups excluding carboxylic acids is 1. The molecule has 2 heterocycles. The molecule has 1 aromatic carbocycles. The number of methoxy groups -OCH3 is 1. The van der Waals surface area contributed by atoms with Crippen molar-refractivity contribution in [1.82, 2.24) is 4.90 Å². The largest absolute Gasteiger partial charge is 0.497 e. The van der Waals surface area contributed by atoms with Crippen LogP contribution in [-0.4, -0.2) is 31.0 Å². The molecule has 0 aliphatic carbocycles. The van der Waals surface area contributed by atoms with Crippen LogP contribution >= 0.6 is 0 Å². The van der Waals surface area contributed by atoms with Gasteiger partial charge in [-0.2, -0.15) is 0 Å². The summed E-state index contributed by atoms with van der Waals surface area (Å²) in [5.74, 6) is 1.81. The van der Waals surface area contributed by atoms with Crippen molar-refractivity contribution in [2.45, 2.75) is 26.7 Å². The Hall–Kier alpha value is -1.97. The number of likely N-dealkylation sites (tertiary alicyclic amines) is 1.